The molecule has 64 valence electrons. The van der Waals surface area contributed by atoms with E-state index in [4.69, 9.17) is 10.8 Å². The number of aromatic hydroxyl groups is 1. The molecule has 1 aromatic carbocycles. The van der Waals surface area contributed by atoms with Gasteiger partial charge in [-0.1, -0.05) is 0 Å². The summed E-state index contributed by atoms with van der Waals surface area (Å²) < 4.78 is 13.0. The van der Waals surface area contributed by atoms with Crippen molar-refractivity contribution >= 4 is 11.5 Å². The van der Waals surface area contributed by atoms with Crippen LogP contribution in [0, 0.1) is 5.82 Å². The van der Waals surface area contributed by atoms with E-state index in [-0.39, 0.29) is 11.3 Å². The predicted octanol–water partition coefficient (Wildman–Crippen LogP) is 1.32. The maximum atomic E-state index is 13.0. The normalized spacial score (nSPS) is 9.83. The lowest BCUT2D eigenvalue weighted by Gasteiger charge is -2.03. The quantitative estimate of drug-likeness (QED) is 0.378. The van der Waals surface area contributed by atoms with Crippen molar-refractivity contribution in [3.8, 4) is 5.75 Å². The number of nitrogens with two attached hydrogens (primary N) is 1. The fourth-order valence-electron chi connectivity index (χ4n) is 0.938. The Hall–Kier alpha value is -1.58. The van der Waals surface area contributed by atoms with Gasteiger partial charge in [-0.05, 0) is 19.1 Å². The fraction of sp³-hybridized carbons (Fsp3) is 0.125. The van der Waals surface area contributed by atoms with Gasteiger partial charge in [0, 0.05) is 5.69 Å². The van der Waals surface area contributed by atoms with E-state index < -0.39 is 17.3 Å². The molecule has 0 aliphatic heterocycles. The fourth-order valence-corrected chi connectivity index (χ4v) is 0.938. The zero-order valence-electron chi connectivity index (χ0n) is 6.47. The van der Waals surface area contributed by atoms with E-state index >= 15 is 0 Å². The second-order valence-corrected chi connectivity index (χ2v) is 2.42. The van der Waals surface area contributed by atoms with Crippen LogP contribution >= 0.6 is 0 Å². The lowest BCUT2D eigenvalue weighted by molar-refractivity contribution is 0.101. The van der Waals surface area contributed by atoms with Crippen LogP contribution in [0.3, 0.4) is 0 Å². The van der Waals surface area contributed by atoms with Crippen LogP contribution in [0.4, 0.5) is 10.1 Å². The molecule has 12 heavy (non-hydrogen) atoms. The smallest absolute Gasteiger partial charge is 0.177 e. The average Bonchev–Trinajstić information content (AvgIpc) is 1.97. The molecule has 4 heteroatoms. The Kier molecular flexibility index (Phi) is 1.99. The minimum Gasteiger partial charge on any atom is -0.505 e. The Labute approximate surface area is 68.6 Å². The van der Waals surface area contributed by atoms with Crippen LogP contribution in [0.5, 0.6) is 5.75 Å². The molecule has 1 aromatic rings. The van der Waals surface area contributed by atoms with Crippen molar-refractivity contribution in [3.05, 3.63) is 23.5 Å². The third-order valence-electron chi connectivity index (χ3n) is 1.51. The van der Waals surface area contributed by atoms with E-state index in [1.165, 1.54) is 13.0 Å². The summed E-state index contributed by atoms with van der Waals surface area (Å²) in [5.41, 5.74) is 5.10. The molecule has 0 radical (unpaired) electrons. The van der Waals surface area contributed by atoms with Gasteiger partial charge in [-0.3, -0.25) is 4.79 Å². The Morgan fingerprint density at radius 3 is 2.58 bits per heavy atom. The monoisotopic (exact) mass is 169 g/mol. The molecule has 0 heterocycles. The van der Waals surface area contributed by atoms with Gasteiger partial charge < -0.3 is 10.8 Å². The molecule has 0 aliphatic rings. The number of halogens is 1. The van der Waals surface area contributed by atoms with Gasteiger partial charge in [-0.25, -0.2) is 4.39 Å². The van der Waals surface area contributed by atoms with E-state index in [2.05, 4.69) is 0 Å². The van der Waals surface area contributed by atoms with Crippen LogP contribution in [-0.4, -0.2) is 10.9 Å². The van der Waals surface area contributed by atoms with Gasteiger partial charge in [-0.2, -0.15) is 0 Å². The number of nitrogen functional groups attached to an aromatic ring is 1. The minimum atomic E-state index is -0.956. The highest BCUT2D eigenvalue weighted by molar-refractivity contribution is 5.99. The van der Waals surface area contributed by atoms with E-state index in [1.54, 1.807) is 0 Å². The third-order valence-corrected chi connectivity index (χ3v) is 1.51. The molecule has 1 rings (SSSR count). The van der Waals surface area contributed by atoms with Crippen molar-refractivity contribution in [1.82, 2.24) is 0 Å². The number of rotatable bonds is 1. The lowest BCUT2D eigenvalue weighted by Crippen LogP contribution is -2.03. The number of benzene rings is 1. The van der Waals surface area contributed by atoms with E-state index in [0.717, 1.165) is 6.07 Å². The number of carbonyl (C=O) groups excluding carboxylic acids is 1. The number of anilines is 1. The highest BCUT2D eigenvalue weighted by Gasteiger charge is 2.14. The van der Waals surface area contributed by atoms with E-state index in [0.29, 0.717) is 0 Å². The summed E-state index contributed by atoms with van der Waals surface area (Å²) in [5, 5.41) is 8.89. The summed E-state index contributed by atoms with van der Waals surface area (Å²) >= 11 is 0. The summed E-state index contributed by atoms with van der Waals surface area (Å²) in [6.07, 6.45) is 0. The number of ketones is 1. The second-order valence-electron chi connectivity index (χ2n) is 2.42. The van der Waals surface area contributed by atoms with Crippen molar-refractivity contribution in [2.75, 3.05) is 5.73 Å². The molecule has 0 aromatic heterocycles. The summed E-state index contributed by atoms with van der Waals surface area (Å²) in [4.78, 5) is 10.8. The first kappa shape index (κ1) is 8.52. The molecule has 0 atom stereocenters. The van der Waals surface area contributed by atoms with E-state index in [9.17, 15) is 9.18 Å². The molecule has 0 unspecified atom stereocenters. The van der Waals surface area contributed by atoms with Gasteiger partial charge in [0.15, 0.2) is 17.3 Å². The summed E-state index contributed by atoms with van der Waals surface area (Å²) in [6, 6.07) is 2.40. The molecule has 0 fully saturated rings. The Bertz CT molecular complexity index is 336. The first-order valence-corrected chi connectivity index (χ1v) is 3.32. The van der Waals surface area contributed by atoms with Gasteiger partial charge >= 0.3 is 0 Å². The molecule has 0 saturated heterocycles. The standard InChI is InChI=1S/C8H8FNO2/c1-4(11)7-5(10)2-3-6(12)8(7)9/h2-3,12H,10H2,1H3. The van der Waals surface area contributed by atoms with Gasteiger partial charge in [0.25, 0.3) is 0 Å². The number of hydrogen-bond donors (Lipinski definition) is 2. The van der Waals surface area contributed by atoms with Gasteiger partial charge in [-0.15, -0.1) is 0 Å². The zero-order chi connectivity index (χ0) is 9.30. The van der Waals surface area contributed by atoms with Crippen LogP contribution in [0.2, 0.25) is 0 Å². The number of phenols is 1. The van der Waals surface area contributed by atoms with Gasteiger partial charge in [0.2, 0.25) is 0 Å². The second kappa shape index (κ2) is 2.81. The Morgan fingerprint density at radius 1 is 1.58 bits per heavy atom. The topological polar surface area (TPSA) is 63.3 Å². The molecule has 0 saturated carbocycles. The van der Waals surface area contributed by atoms with Crippen molar-refractivity contribution in [2.24, 2.45) is 0 Å². The van der Waals surface area contributed by atoms with E-state index in [1.807, 2.05) is 0 Å². The van der Waals surface area contributed by atoms with Crippen LogP contribution in [0.1, 0.15) is 17.3 Å². The average molecular weight is 169 g/mol. The molecule has 3 N–H and O–H groups in total. The Morgan fingerprint density at radius 2 is 2.17 bits per heavy atom. The first-order chi connectivity index (χ1) is 5.54. The first-order valence-electron chi connectivity index (χ1n) is 3.32. The predicted molar refractivity (Wildman–Crippen MR) is 42.5 cm³/mol. The lowest BCUT2D eigenvalue weighted by atomic mass is 10.1. The molecule has 0 spiro atoms. The molecule has 0 bridgehead atoms. The van der Waals surface area contributed by atoms with Crippen molar-refractivity contribution < 1.29 is 14.3 Å². The summed E-state index contributed by atoms with van der Waals surface area (Å²) in [7, 11) is 0. The zero-order valence-corrected chi connectivity index (χ0v) is 6.47. The molecule has 0 amide bonds. The third kappa shape index (κ3) is 1.23. The number of hydrogen-bond acceptors (Lipinski definition) is 3. The summed E-state index contributed by atoms with van der Waals surface area (Å²) in [5.74, 6) is -2.02. The number of phenolic OH excluding ortho intramolecular Hbond substituents is 1. The van der Waals surface area contributed by atoms with Gasteiger partial charge in [0.05, 0.1) is 5.56 Å². The van der Waals surface area contributed by atoms with Crippen molar-refractivity contribution in [2.45, 2.75) is 6.92 Å². The molecular weight excluding hydrogens is 161 g/mol. The van der Waals surface area contributed by atoms with Crippen LogP contribution in [0.15, 0.2) is 12.1 Å². The minimum absolute atomic E-state index is 0.0396. The van der Waals surface area contributed by atoms with Crippen LogP contribution in [-0.2, 0) is 0 Å². The number of Topliss-reactive ketones (excluding diaryl/α,β-unsaturated/α-hetero) is 1. The molecule has 0 aliphatic carbocycles. The van der Waals surface area contributed by atoms with Crippen LogP contribution < -0.4 is 5.73 Å². The largest absolute Gasteiger partial charge is 0.505 e. The maximum absolute atomic E-state index is 13.0. The highest BCUT2D eigenvalue weighted by Crippen LogP contribution is 2.24. The molecule has 3 nitrogen and oxygen atoms in total. The van der Waals surface area contributed by atoms with Crippen molar-refractivity contribution in [1.29, 1.82) is 0 Å². The Balaban J connectivity index is 3.43. The molecular formula is C8H8FNO2. The highest BCUT2D eigenvalue weighted by atomic mass is 19.1. The summed E-state index contributed by atoms with van der Waals surface area (Å²) in [6.45, 7) is 1.19. The maximum Gasteiger partial charge on any atom is 0.177 e. The number of carbonyl (C=O) groups is 1. The van der Waals surface area contributed by atoms with Gasteiger partial charge in [0.1, 0.15) is 0 Å². The SMILES string of the molecule is CC(=O)c1c(N)ccc(O)c1F. The van der Waals surface area contributed by atoms with Crippen molar-refractivity contribution in [3.63, 3.8) is 0 Å². The van der Waals surface area contributed by atoms with Crippen LogP contribution in [0.25, 0.3) is 0 Å².